The highest BCUT2D eigenvalue weighted by Gasteiger charge is 2.30. The zero-order chi connectivity index (χ0) is 24.3. The third-order valence-corrected chi connectivity index (χ3v) is 5.89. The maximum atomic E-state index is 12.8. The van der Waals surface area contributed by atoms with Gasteiger partial charge in [-0.15, -0.1) is 15.3 Å². The first-order valence-corrected chi connectivity index (χ1v) is 11.2. The summed E-state index contributed by atoms with van der Waals surface area (Å²) >= 11 is 1.23. The van der Waals surface area contributed by atoms with Crippen molar-refractivity contribution < 1.29 is 17.9 Å². The van der Waals surface area contributed by atoms with E-state index in [1.54, 1.807) is 0 Å². The summed E-state index contributed by atoms with van der Waals surface area (Å²) in [5.41, 5.74) is 0.870. The standard InChI is InChI=1S/C21H21F3N8OS/c1-13(2)14-3-9-17(10-4-14)33-11-18-26-28-20(31(18)25)34-12-19-27-29-30-32(19)16-7-5-15(6-8-16)21(22,23)24/h3-10,13H,11-12,25H2,1-2H3. The van der Waals surface area contributed by atoms with Gasteiger partial charge in [0.15, 0.2) is 11.6 Å². The number of rotatable bonds is 8. The summed E-state index contributed by atoms with van der Waals surface area (Å²) < 4.78 is 46.8. The number of nitrogens with two attached hydrogens (primary N) is 1. The van der Waals surface area contributed by atoms with Crippen molar-refractivity contribution in [2.45, 2.75) is 43.5 Å². The van der Waals surface area contributed by atoms with E-state index in [4.69, 9.17) is 10.6 Å². The van der Waals surface area contributed by atoms with Gasteiger partial charge in [0.25, 0.3) is 0 Å². The molecule has 4 aromatic rings. The number of nitrogens with zero attached hydrogens (tertiary/aromatic N) is 7. The Morgan fingerprint density at radius 1 is 0.971 bits per heavy atom. The van der Waals surface area contributed by atoms with Crippen molar-refractivity contribution in [3.05, 3.63) is 71.3 Å². The monoisotopic (exact) mass is 490 g/mol. The summed E-state index contributed by atoms with van der Waals surface area (Å²) in [7, 11) is 0. The van der Waals surface area contributed by atoms with Crippen molar-refractivity contribution in [1.29, 1.82) is 0 Å². The summed E-state index contributed by atoms with van der Waals surface area (Å²) in [6.07, 6.45) is -4.41. The van der Waals surface area contributed by atoms with Crippen LogP contribution in [-0.4, -0.2) is 35.1 Å². The molecule has 178 valence electrons. The summed E-state index contributed by atoms with van der Waals surface area (Å²) in [5, 5.41) is 20.0. The lowest BCUT2D eigenvalue weighted by atomic mass is 10.0. The normalized spacial score (nSPS) is 11.8. The Morgan fingerprint density at radius 3 is 2.32 bits per heavy atom. The third-order valence-electron chi connectivity index (χ3n) is 4.95. The zero-order valence-corrected chi connectivity index (χ0v) is 19.1. The van der Waals surface area contributed by atoms with Crippen molar-refractivity contribution in [3.8, 4) is 11.4 Å². The smallest absolute Gasteiger partial charge is 0.416 e. The van der Waals surface area contributed by atoms with Crippen molar-refractivity contribution in [1.82, 2.24) is 35.1 Å². The van der Waals surface area contributed by atoms with Gasteiger partial charge in [-0.05, 0) is 58.3 Å². The van der Waals surface area contributed by atoms with E-state index >= 15 is 0 Å². The molecule has 9 nitrogen and oxygen atoms in total. The number of aromatic nitrogens is 7. The number of halogens is 3. The van der Waals surface area contributed by atoms with Gasteiger partial charge in [0.2, 0.25) is 5.16 Å². The Hall–Kier alpha value is -3.61. The lowest BCUT2D eigenvalue weighted by Gasteiger charge is -2.09. The molecular formula is C21H21F3N8OS. The first kappa shape index (κ1) is 23.5. The van der Waals surface area contributed by atoms with Gasteiger partial charge in [-0.3, -0.25) is 0 Å². The van der Waals surface area contributed by atoms with Gasteiger partial charge < -0.3 is 10.6 Å². The molecule has 4 rings (SSSR count). The predicted octanol–water partition coefficient (Wildman–Crippen LogP) is 3.98. The summed E-state index contributed by atoms with van der Waals surface area (Å²) in [6, 6.07) is 12.4. The van der Waals surface area contributed by atoms with E-state index in [0.717, 1.165) is 12.1 Å². The molecule has 0 spiro atoms. The molecule has 34 heavy (non-hydrogen) atoms. The summed E-state index contributed by atoms with van der Waals surface area (Å²) in [5.74, 6) is 8.33. The highest BCUT2D eigenvalue weighted by molar-refractivity contribution is 7.98. The van der Waals surface area contributed by atoms with Crippen molar-refractivity contribution >= 4 is 11.8 Å². The summed E-state index contributed by atoms with van der Waals surface area (Å²) in [6.45, 7) is 4.37. The first-order valence-electron chi connectivity index (χ1n) is 10.2. The average Bonchev–Trinajstić information content (AvgIpc) is 3.42. The van der Waals surface area contributed by atoms with E-state index in [0.29, 0.717) is 34.2 Å². The van der Waals surface area contributed by atoms with Gasteiger partial charge >= 0.3 is 6.18 Å². The van der Waals surface area contributed by atoms with Crippen LogP contribution in [0.15, 0.2) is 53.7 Å². The lowest BCUT2D eigenvalue weighted by molar-refractivity contribution is -0.137. The molecule has 0 atom stereocenters. The number of hydrogen-bond acceptors (Lipinski definition) is 8. The molecule has 0 radical (unpaired) electrons. The minimum Gasteiger partial charge on any atom is -0.486 e. The Morgan fingerprint density at radius 2 is 1.68 bits per heavy atom. The molecule has 0 aliphatic carbocycles. The van der Waals surface area contributed by atoms with E-state index in [1.165, 1.54) is 38.8 Å². The molecule has 2 aromatic carbocycles. The van der Waals surface area contributed by atoms with Gasteiger partial charge in [0, 0.05) is 0 Å². The van der Waals surface area contributed by atoms with Crippen LogP contribution in [0.3, 0.4) is 0 Å². The van der Waals surface area contributed by atoms with Crippen LogP contribution < -0.4 is 10.6 Å². The minimum absolute atomic E-state index is 0.133. The van der Waals surface area contributed by atoms with Crippen LogP contribution in [0.4, 0.5) is 13.2 Å². The van der Waals surface area contributed by atoms with Gasteiger partial charge in [0.05, 0.1) is 17.0 Å². The fraction of sp³-hybridized carbons (Fsp3) is 0.286. The highest BCUT2D eigenvalue weighted by atomic mass is 32.2. The second-order valence-corrected chi connectivity index (χ2v) is 8.56. The largest absolute Gasteiger partial charge is 0.486 e. The Balaban J connectivity index is 1.38. The number of tetrazole rings is 1. The molecule has 0 unspecified atom stereocenters. The minimum atomic E-state index is -4.41. The van der Waals surface area contributed by atoms with Crippen molar-refractivity contribution in [2.75, 3.05) is 5.84 Å². The fourth-order valence-corrected chi connectivity index (χ4v) is 3.80. The fourth-order valence-electron chi connectivity index (χ4n) is 3.02. The SMILES string of the molecule is CC(C)c1ccc(OCc2nnc(SCc3nnnn3-c3ccc(C(F)(F)F)cc3)n2N)cc1. The Kier molecular flexibility index (Phi) is 6.72. The van der Waals surface area contributed by atoms with Crippen LogP contribution in [0, 0.1) is 0 Å². The molecule has 0 bridgehead atoms. The van der Waals surface area contributed by atoms with Crippen LogP contribution in [-0.2, 0) is 18.5 Å². The molecule has 0 aliphatic heterocycles. The number of ether oxygens (including phenoxy) is 1. The number of alkyl halides is 3. The average molecular weight is 491 g/mol. The van der Waals surface area contributed by atoms with Gasteiger partial charge in [-0.1, -0.05) is 37.7 Å². The van der Waals surface area contributed by atoms with Crippen LogP contribution in [0.25, 0.3) is 5.69 Å². The topological polar surface area (TPSA) is 110 Å². The van der Waals surface area contributed by atoms with Gasteiger partial charge in [0.1, 0.15) is 12.4 Å². The maximum Gasteiger partial charge on any atom is 0.416 e. The van der Waals surface area contributed by atoms with Crippen LogP contribution in [0.5, 0.6) is 5.75 Å². The second kappa shape index (κ2) is 9.71. The number of nitrogen functional groups attached to an aromatic ring is 1. The van der Waals surface area contributed by atoms with Crippen molar-refractivity contribution in [2.24, 2.45) is 0 Å². The quantitative estimate of drug-likeness (QED) is 0.292. The number of hydrogen-bond donors (Lipinski definition) is 1. The molecule has 0 saturated heterocycles. The van der Waals surface area contributed by atoms with E-state index in [1.807, 2.05) is 24.3 Å². The Bertz CT molecular complexity index is 1240. The third kappa shape index (κ3) is 5.30. The van der Waals surface area contributed by atoms with Gasteiger partial charge in [-0.25, -0.2) is 4.68 Å². The van der Waals surface area contributed by atoms with Crippen LogP contribution in [0.2, 0.25) is 0 Å². The van der Waals surface area contributed by atoms with E-state index in [-0.39, 0.29) is 12.4 Å². The molecule has 0 aliphatic rings. The second-order valence-electron chi connectivity index (χ2n) is 7.62. The predicted molar refractivity (Wildman–Crippen MR) is 119 cm³/mol. The summed E-state index contributed by atoms with van der Waals surface area (Å²) in [4.78, 5) is 0. The molecule has 13 heteroatoms. The first-order chi connectivity index (χ1) is 16.2. The zero-order valence-electron chi connectivity index (χ0n) is 18.3. The van der Waals surface area contributed by atoms with Gasteiger partial charge in [-0.2, -0.15) is 17.9 Å². The molecule has 0 saturated carbocycles. The molecule has 2 N–H and O–H groups in total. The van der Waals surface area contributed by atoms with E-state index < -0.39 is 11.7 Å². The number of benzene rings is 2. The molecule has 0 amide bonds. The van der Waals surface area contributed by atoms with Crippen LogP contribution >= 0.6 is 11.8 Å². The highest BCUT2D eigenvalue weighted by Crippen LogP contribution is 2.30. The molecule has 2 heterocycles. The van der Waals surface area contributed by atoms with Crippen LogP contribution in [0.1, 0.15) is 42.5 Å². The number of thioether (sulfide) groups is 1. The molecular weight excluding hydrogens is 469 g/mol. The molecule has 0 fully saturated rings. The Labute approximate surface area is 197 Å². The maximum absolute atomic E-state index is 12.8. The van der Waals surface area contributed by atoms with E-state index in [2.05, 4.69) is 39.6 Å². The van der Waals surface area contributed by atoms with E-state index in [9.17, 15) is 13.2 Å². The molecule has 2 aromatic heterocycles. The van der Waals surface area contributed by atoms with Crippen molar-refractivity contribution in [3.63, 3.8) is 0 Å². The lowest BCUT2D eigenvalue weighted by Crippen LogP contribution is -2.16.